The number of hydrogen-bond donors (Lipinski definition) is 1. The molecule has 3 saturated heterocycles. The molecule has 3 fully saturated rings. The average Bonchev–Trinajstić information content (AvgIpc) is 2.24. The second-order valence-corrected chi connectivity index (χ2v) is 3.54. The highest BCUT2D eigenvalue weighted by Gasteiger charge is 2.29. The van der Waals surface area contributed by atoms with Gasteiger partial charge >= 0.3 is 0 Å². The molecule has 0 saturated carbocycles. The minimum atomic E-state index is 0.00694. The summed E-state index contributed by atoms with van der Waals surface area (Å²) in [7, 11) is 0. The van der Waals surface area contributed by atoms with Gasteiger partial charge in [-0.3, -0.25) is 0 Å². The van der Waals surface area contributed by atoms with E-state index in [2.05, 4.69) is 4.90 Å². The monoisotopic (exact) mass is 141 g/mol. The third-order valence-corrected chi connectivity index (χ3v) is 2.92. The molecule has 3 aliphatic rings. The van der Waals surface area contributed by atoms with Gasteiger partial charge in [-0.15, -0.1) is 0 Å². The highest BCUT2D eigenvalue weighted by molar-refractivity contribution is 4.82. The lowest BCUT2D eigenvalue weighted by Gasteiger charge is -2.27. The zero-order valence-electron chi connectivity index (χ0n) is 6.29. The van der Waals surface area contributed by atoms with Gasteiger partial charge in [-0.05, 0) is 38.3 Å². The second kappa shape index (κ2) is 2.51. The molecule has 0 aliphatic carbocycles. The van der Waals surface area contributed by atoms with E-state index in [4.69, 9.17) is 0 Å². The number of rotatable bonds is 0. The molecule has 58 valence electrons. The third-order valence-electron chi connectivity index (χ3n) is 2.92. The first-order valence-electron chi connectivity index (χ1n) is 4.26. The number of fused-ring (bicyclic) bond motifs is 4. The first kappa shape index (κ1) is 6.62. The van der Waals surface area contributed by atoms with Crippen LogP contribution >= 0.6 is 0 Å². The summed E-state index contributed by atoms with van der Waals surface area (Å²) in [4.78, 5) is 2.46. The quantitative estimate of drug-likeness (QED) is 0.530. The number of aliphatic hydroxyl groups is 1. The summed E-state index contributed by atoms with van der Waals surface area (Å²) in [6.45, 7) is 3.57. The Bertz CT molecular complexity index is 118. The van der Waals surface area contributed by atoms with Crippen molar-refractivity contribution >= 4 is 0 Å². The summed E-state index contributed by atoms with van der Waals surface area (Å²) < 4.78 is 0. The summed E-state index contributed by atoms with van der Waals surface area (Å²) in [5.41, 5.74) is 0. The van der Waals surface area contributed by atoms with Gasteiger partial charge in [0.2, 0.25) is 0 Å². The smallest absolute Gasteiger partial charge is 0.0581 e. The summed E-state index contributed by atoms with van der Waals surface area (Å²) in [6, 6.07) is 0. The lowest BCUT2D eigenvalue weighted by molar-refractivity contribution is 0.0976. The fourth-order valence-corrected chi connectivity index (χ4v) is 2.11. The average molecular weight is 141 g/mol. The predicted molar refractivity (Wildman–Crippen MR) is 39.8 cm³/mol. The SMILES string of the molecule is O[C@H]1CCN2CCC1CC2. The van der Waals surface area contributed by atoms with E-state index in [-0.39, 0.29) is 6.10 Å². The van der Waals surface area contributed by atoms with Crippen LogP contribution in [0.2, 0.25) is 0 Å². The number of hydrogen-bond acceptors (Lipinski definition) is 2. The molecule has 0 aromatic heterocycles. The zero-order chi connectivity index (χ0) is 6.97. The van der Waals surface area contributed by atoms with Crippen LogP contribution in [0, 0.1) is 5.92 Å². The van der Waals surface area contributed by atoms with Gasteiger partial charge in [0, 0.05) is 6.54 Å². The lowest BCUT2D eigenvalue weighted by Crippen LogP contribution is -2.31. The van der Waals surface area contributed by atoms with Crippen LogP contribution in [0.3, 0.4) is 0 Å². The van der Waals surface area contributed by atoms with Crippen molar-refractivity contribution in [1.29, 1.82) is 0 Å². The topological polar surface area (TPSA) is 23.5 Å². The molecule has 2 bridgehead atoms. The Balaban J connectivity index is 2.07. The van der Waals surface area contributed by atoms with Crippen molar-refractivity contribution in [1.82, 2.24) is 4.90 Å². The first-order chi connectivity index (χ1) is 4.86. The number of piperidine rings is 1. The molecule has 1 N–H and O–H groups in total. The maximum Gasteiger partial charge on any atom is 0.0581 e. The van der Waals surface area contributed by atoms with Crippen LogP contribution in [0.15, 0.2) is 0 Å². The molecule has 3 aliphatic heterocycles. The molecule has 3 heterocycles. The zero-order valence-corrected chi connectivity index (χ0v) is 6.29. The molecule has 0 aromatic rings. The van der Waals surface area contributed by atoms with Crippen molar-refractivity contribution in [2.75, 3.05) is 19.6 Å². The van der Waals surface area contributed by atoms with E-state index >= 15 is 0 Å². The lowest BCUT2D eigenvalue weighted by atomic mass is 9.93. The normalized spacial score (nSPS) is 47.1. The summed E-state index contributed by atoms with van der Waals surface area (Å²) in [5.74, 6) is 0.624. The molecular weight excluding hydrogens is 126 g/mol. The van der Waals surface area contributed by atoms with E-state index in [1.165, 1.54) is 25.9 Å². The molecule has 0 spiro atoms. The van der Waals surface area contributed by atoms with Gasteiger partial charge in [0.05, 0.1) is 6.10 Å². The minimum Gasteiger partial charge on any atom is -0.393 e. The number of nitrogens with zero attached hydrogens (tertiary/aromatic N) is 1. The molecule has 0 unspecified atom stereocenters. The van der Waals surface area contributed by atoms with Crippen LogP contribution in [-0.2, 0) is 0 Å². The van der Waals surface area contributed by atoms with Gasteiger partial charge in [0.1, 0.15) is 0 Å². The molecule has 10 heavy (non-hydrogen) atoms. The van der Waals surface area contributed by atoms with Crippen molar-refractivity contribution in [2.24, 2.45) is 5.92 Å². The van der Waals surface area contributed by atoms with Crippen LogP contribution in [0.5, 0.6) is 0 Å². The molecule has 1 atom stereocenters. The molecule has 0 aromatic carbocycles. The van der Waals surface area contributed by atoms with Gasteiger partial charge in [-0.25, -0.2) is 0 Å². The largest absolute Gasteiger partial charge is 0.393 e. The van der Waals surface area contributed by atoms with Gasteiger partial charge in [0.15, 0.2) is 0 Å². The van der Waals surface area contributed by atoms with Crippen molar-refractivity contribution in [3.63, 3.8) is 0 Å². The fourth-order valence-electron chi connectivity index (χ4n) is 2.11. The molecule has 2 heteroatoms. The molecule has 3 rings (SSSR count). The van der Waals surface area contributed by atoms with E-state index < -0.39 is 0 Å². The minimum absolute atomic E-state index is 0.00694. The Morgan fingerprint density at radius 2 is 1.60 bits per heavy atom. The van der Waals surface area contributed by atoms with Crippen LogP contribution in [0.1, 0.15) is 19.3 Å². The molecular formula is C8H15NO. The molecule has 2 nitrogen and oxygen atoms in total. The first-order valence-corrected chi connectivity index (χ1v) is 4.26. The van der Waals surface area contributed by atoms with Crippen molar-refractivity contribution in [2.45, 2.75) is 25.4 Å². The van der Waals surface area contributed by atoms with E-state index in [1.807, 2.05) is 0 Å². The second-order valence-electron chi connectivity index (χ2n) is 3.54. The standard InChI is InChI=1S/C8H15NO/c10-8-3-6-9-4-1-7(8)2-5-9/h7-8,10H,1-6H2/t8-/m0/s1. The Labute approximate surface area is 61.8 Å². The Morgan fingerprint density at radius 1 is 1.00 bits per heavy atom. The van der Waals surface area contributed by atoms with Crippen LogP contribution in [0.4, 0.5) is 0 Å². The van der Waals surface area contributed by atoms with Crippen LogP contribution in [-0.4, -0.2) is 35.7 Å². The third kappa shape index (κ3) is 1.06. The molecule has 0 amide bonds. The highest BCUT2D eigenvalue weighted by Crippen LogP contribution is 2.26. The van der Waals surface area contributed by atoms with Gasteiger partial charge in [-0.2, -0.15) is 0 Å². The van der Waals surface area contributed by atoms with Crippen molar-refractivity contribution in [3.05, 3.63) is 0 Å². The number of aliphatic hydroxyl groups excluding tert-OH is 1. The van der Waals surface area contributed by atoms with Crippen molar-refractivity contribution < 1.29 is 5.11 Å². The van der Waals surface area contributed by atoms with E-state index in [0.29, 0.717) is 5.92 Å². The highest BCUT2D eigenvalue weighted by atomic mass is 16.3. The van der Waals surface area contributed by atoms with E-state index in [0.717, 1.165) is 13.0 Å². The van der Waals surface area contributed by atoms with Crippen LogP contribution in [0.25, 0.3) is 0 Å². The van der Waals surface area contributed by atoms with E-state index in [9.17, 15) is 5.11 Å². The Kier molecular flexibility index (Phi) is 1.66. The maximum atomic E-state index is 9.55. The summed E-state index contributed by atoms with van der Waals surface area (Å²) >= 11 is 0. The van der Waals surface area contributed by atoms with Gasteiger partial charge < -0.3 is 10.0 Å². The Hall–Kier alpha value is -0.0800. The summed E-state index contributed by atoms with van der Waals surface area (Å²) in [5, 5.41) is 9.55. The van der Waals surface area contributed by atoms with Gasteiger partial charge in [0.25, 0.3) is 0 Å². The maximum absolute atomic E-state index is 9.55. The van der Waals surface area contributed by atoms with Crippen molar-refractivity contribution in [3.8, 4) is 0 Å². The van der Waals surface area contributed by atoms with Gasteiger partial charge in [-0.1, -0.05) is 0 Å². The fraction of sp³-hybridized carbons (Fsp3) is 1.00. The Morgan fingerprint density at radius 3 is 2.30 bits per heavy atom. The van der Waals surface area contributed by atoms with E-state index in [1.54, 1.807) is 0 Å². The predicted octanol–water partition coefficient (Wildman–Crippen LogP) is 0.463. The summed E-state index contributed by atoms with van der Waals surface area (Å²) in [6.07, 6.45) is 3.46. The molecule has 0 radical (unpaired) electrons. The van der Waals surface area contributed by atoms with Crippen LogP contribution < -0.4 is 0 Å².